The van der Waals surface area contributed by atoms with Gasteiger partial charge in [-0.3, -0.25) is 9.89 Å². The van der Waals surface area contributed by atoms with Crippen molar-refractivity contribution in [3.63, 3.8) is 0 Å². The molecule has 1 heterocycles. The lowest BCUT2D eigenvalue weighted by Gasteiger charge is -2.08. The molecule has 26 heavy (non-hydrogen) atoms. The van der Waals surface area contributed by atoms with Gasteiger partial charge in [0.2, 0.25) is 0 Å². The number of para-hydroxylation sites is 1. The third-order valence-corrected chi connectivity index (χ3v) is 4.10. The minimum atomic E-state index is -0.358. The molecule has 134 valence electrons. The summed E-state index contributed by atoms with van der Waals surface area (Å²) in [4.78, 5) is 12.8. The largest absolute Gasteiger partial charge is 0.493 e. The Morgan fingerprint density at radius 1 is 1.12 bits per heavy atom. The van der Waals surface area contributed by atoms with Gasteiger partial charge in [0, 0.05) is 5.69 Å². The van der Waals surface area contributed by atoms with E-state index >= 15 is 0 Å². The highest BCUT2D eigenvalue weighted by atomic mass is 32.1. The highest BCUT2D eigenvalue weighted by molar-refractivity contribution is 7.80. The van der Waals surface area contributed by atoms with Crippen molar-refractivity contribution < 1.29 is 9.47 Å². The van der Waals surface area contributed by atoms with Crippen LogP contribution < -0.4 is 26.1 Å². The second-order valence-corrected chi connectivity index (χ2v) is 5.79. The van der Waals surface area contributed by atoms with Crippen LogP contribution in [0.15, 0.2) is 53.3 Å². The number of hydrogen-bond donors (Lipinski definition) is 3. The van der Waals surface area contributed by atoms with E-state index in [2.05, 4.69) is 10.4 Å². The number of nitrogen functional groups attached to an aromatic ring is 1. The molecule has 0 spiro atoms. The molecule has 3 rings (SSSR count). The van der Waals surface area contributed by atoms with Gasteiger partial charge in [0.05, 0.1) is 19.8 Å². The average molecular weight is 370 g/mol. The number of rotatable bonds is 4. The third-order valence-electron chi connectivity index (χ3n) is 3.82. The maximum absolute atomic E-state index is 12.8. The number of nitrogens with two attached hydrogens (primary N) is 1. The van der Waals surface area contributed by atoms with Crippen molar-refractivity contribution in [2.24, 2.45) is 0 Å². The molecule has 0 atom stereocenters. The first-order chi connectivity index (χ1) is 12.5. The number of methoxy groups -OCH3 is 2. The van der Waals surface area contributed by atoms with Crippen molar-refractivity contribution in [2.45, 2.75) is 0 Å². The van der Waals surface area contributed by atoms with E-state index < -0.39 is 0 Å². The summed E-state index contributed by atoms with van der Waals surface area (Å²) in [5.41, 5.74) is 7.35. The Labute approximate surface area is 155 Å². The molecule has 1 aromatic heterocycles. The molecule has 0 aliphatic rings. The van der Waals surface area contributed by atoms with Gasteiger partial charge in [-0.25, -0.2) is 0 Å². The van der Waals surface area contributed by atoms with Crippen LogP contribution >= 0.6 is 12.2 Å². The number of hydrogen-bond acceptors (Lipinski definition) is 5. The van der Waals surface area contributed by atoms with E-state index in [1.807, 2.05) is 30.3 Å². The van der Waals surface area contributed by atoms with Crippen LogP contribution in [0.1, 0.15) is 0 Å². The molecule has 0 radical (unpaired) electrons. The molecular formula is C18H18N4O3S. The van der Waals surface area contributed by atoms with Crippen LogP contribution in [-0.2, 0) is 0 Å². The van der Waals surface area contributed by atoms with Crippen molar-refractivity contribution >= 4 is 28.8 Å². The number of H-pyrrole nitrogens is 1. The van der Waals surface area contributed by atoms with E-state index in [0.29, 0.717) is 22.6 Å². The van der Waals surface area contributed by atoms with Gasteiger partial charge in [-0.1, -0.05) is 24.3 Å². The lowest BCUT2D eigenvalue weighted by Crippen LogP contribution is -2.29. The molecule has 0 unspecified atom stereocenters. The molecule has 0 aliphatic heterocycles. The fraction of sp³-hybridized carbons (Fsp3) is 0.111. The topological polar surface area (TPSA) is 94.3 Å². The molecule has 0 saturated heterocycles. The zero-order valence-electron chi connectivity index (χ0n) is 14.3. The standard InChI is InChI=1S/C18H18N4O3S/c1-24-13-9-8-11(10-14(13)25-2)15-16(19)21-22(17(15)23)18(26)20-12-6-4-3-5-7-12/h3-10,21H,19H2,1-2H3,(H,20,26). The van der Waals surface area contributed by atoms with Crippen molar-refractivity contribution in [3.8, 4) is 22.6 Å². The number of aromatic amines is 1. The molecule has 0 bridgehead atoms. The van der Waals surface area contributed by atoms with Gasteiger partial charge in [-0.05, 0) is 42.0 Å². The Balaban J connectivity index is 1.98. The minimum Gasteiger partial charge on any atom is -0.493 e. The summed E-state index contributed by atoms with van der Waals surface area (Å²) in [7, 11) is 3.07. The molecule has 8 heteroatoms. The van der Waals surface area contributed by atoms with E-state index in [4.69, 9.17) is 27.4 Å². The van der Waals surface area contributed by atoms with E-state index in [-0.39, 0.29) is 16.5 Å². The summed E-state index contributed by atoms with van der Waals surface area (Å²) in [5.74, 6) is 1.27. The van der Waals surface area contributed by atoms with Crippen LogP contribution in [0.3, 0.4) is 0 Å². The molecule has 0 aliphatic carbocycles. The van der Waals surface area contributed by atoms with Crippen LogP contribution in [0.25, 0.3) is 11.1 Å². The first-order valence-electron chi connectivity index (χ1n) is 7.74. The van der Waals surface area contributed by atoms with E-state index in [0.717, 1.165) is 5.69 Å². The number of anilines is 2. The van der Waals surface area contributed by atoms with Gasteiger partial charge in [0.15, 0.2) is 16.6 Å². The predicted molar refractivity (Wildman–Crippen MR) is 106 cm³/mol. The van der Waals surface area contributed by atoms with Gasteiger partial charge in [-0.15, -0.1) is 0 Å². The maximum atomic E-state index is 12.8. The molecule has 2 aromatic carbocycles. The lowest BCUT2D eigenvalue weighted by atomic mass is 10.1. The number of benzene rings is 2. The smallest absolute Gasteiger partial charge is 0.283 e. The van der Waals surface area contributed by atoms with Crippen molar-refractivity contribution in [3.05, 3.63) is 58.9 Å². The van der Waals surface area contributed by atoms with Gasteiger partial charge in [0.25, 0.3) is 5.56 Å². The van der Waals surface area contributed by atoms with Gasteiger partial charge >= 0.3 is 0 Å². The molecule has 0 amide bonds. The van der Waals surface area contributed by atoms with Crippen molar-refractivity contribution in [1.29, 1.82) is 0 Å². The summed E-state index contributed by atoms with van der Waals surface area (Å²) >= 11 is 5.32. The molecule has 0 fully saturated rings. The molecular weight excluding hydrogens is 352 g/mol. The van der Waals surface area contributed by atoms with Gasteiger partial charge < -0.3 is 20.5 Å². The number of ether oxygens (including phenoxy) is 2. The van der Waals surface area contributed by atoms with Gasteiger partial charge in [-0.2, -0.15) is 4.68 Å². The fourth-order valence-corrected chi connectivity index (χ4v) is 2.82. The average Bonchev–Trinajstić information content (AvgIpc) is 2.96. The van der Waals surface area contributed by atoms with Crippen LogP contribution in [0, 0.1) is 0 Å². The predicted octanol–water partition coefficient (Wildman–Crippen LogP) is 2.69. The first kappa shape index (κ1) is 17.6. The third kappa shape index (κ3) is 3.27. The highest BCUT2D eigenvalue weighted by Gasteiger charge is 2.18. The van der Waals surface area contributed by atoms with Crippen LogP contribution in [0.2, 0.25) is 0 Å². The molecule has 0 saturated carbocycles. The van der Waals surface area contributed by atoms with Crippen LogP contribution in [0.4, 0.5) is 11.5 Å². The minimum absolute atomic E-state index is 0.194. The van der Waals surface area contributed by atoms with Gasteiger partial charge in [0.1, 0.15) is 5.82 Å². The van der Waals surface area contributed by atoms with Crippen LogP contribution in [0.5, 0.6) is 11.5 Å². The second-order valence-electron chi connectivity index (χ2n) is 5.41. The molecule has 3 aromatic rings. The second kappa shape index (κ2) is 7.32. The summed E-state index contributed by atoms with van der Waals surface area (Å²) < 4.78 is 11.7. The first-order valence-corrected chi connectivity index (χ1v) is 8.15. The summed E-state index contributed by atoms with van der Waals surface area (Å²) in [6.45, 7) is 0. The van der Waals surface area contributed by atoms with E-state index in [1.165, 1.54) is 11.8 Å². The monoisotopic (exact) mass is 370 g/mol. The summed E-state index contributed by atoms with van der Waals surface area (Å²) in [6.07, 6.45) is 0. The Hall–Kier alpha value is -3.26. The SMILES string of the molecule is COc1ccc(-c2c(N)[nH]n(C(=S)Nc3ccccc3)c2=O)cc1OC. The Morgan fingerprint density at radius 2 is 1.81 bits per heavy atom. The lowest BCUT2D eigenvalue weighted by molar-refractivity contribution is 0.355. The Bertz CT molecular complexity index is 995. The Morgan fingerprint density at radius 3 is 2.46 bits per heavy atom. The number of nitrogens with zero attached hydrogens (tertiary/aromatic N) is 1. The number of nitrogens with one attached hydrogen (secondary N) is 2. The highest BCUT2D eigenvalue weighted by Crippen LogP contribution is 2.32. The Kier molecular flexibility index (Phi) is 4.94. The van der Waals surface area contributed by atoms with Crippen molar-refractivity contribution in [2.75, 3.05) is 25.3 Å². The molecule has 4 N–H and O–H groups in total. The fourth-order valence-electron chi connectivity index (χ4n) is 2.57. The molecule has 7 nitrogen and oxygen atoms in total. The zero-order valence-corrected chi connectivity index (χ0v) is 15.1. The zero-order chi connectivity index (χ0) is 18.7. The summed E-state index contributed by atoms with van der Waals surface area (Å²) in [6, 6.07) is 14.5. The van der Waals surface area contributed by atoms with Crippen LogP contribution in [-0.4, -0.2) is 29.1 Å². The van der Waals surface area contributed by atoms with E-state index in [1.54, 1.807) is 25.3 Å². The number of thiocarbonyl (C=S) groups is 1. The quantitative estimate of drug-likeness (QED) is 0.611. The van der Waals surface area contributed by atoms with E-state index in [9.17, 15) is 4.79 Å². The maximum Gasteiger partial charge on any atom is 0.283 e. The number of aromatic nitrogens is 2. The summed E-state index contributed by atoms with van der Waals surface area (Å²) in [5, 5.41) is 5.99. The normalized spacial score (nSPS) is 10.4. The van der Waals surface area contributed by atoms with Crippen molar-refractivity contribution in [1.82, 2.24) is 9.78 Å².